The van der Waals surface area contributed by atoms with Crippen LogP contribution in [0.25, 0.3) is 0 Å². The van der Waals surface area contributed by atoms with Crippen molar-refractivity contribution in [3.8, 4) is 11.5 Å². The predicted molar refractivity (Wildman–Crippen MR) is 131 cm³/mol. The lowest BCUT2D eigenvalue weighted by Crippen LogP contribution is -2.41. The van der Waals surface area contributed by atoms with Crippen molar-refractivity contribution in [2.45, 2.75) is 31.4 Å². The van der Waals surface area contributed by atoms with Gasteiger partial charge in [0.15, 0.2) is 11.5 Å². The highest BCUT2D eigenvalue weighted by atomic mass is 32.2. The molecule has 11 heteroatoms. The summed E-state index contributed by atoms with van der Waals surface area (Å²) >= 11 is 0. The van der Waals surface area contributed by atoms with E-state index in [-0.39, 0.29) is 17.4 Å². The molecule has 0 radical (unpaired) electrons. The van der Waals surface area contributed by atoms with Gasteiger partial charge in [-0.25, -0.2) is 8.42 Å². The van der Waals surface area contributed by atoms with Crippen molar-refractivity contribution in [2.75, 3.05) is 17.7 Å². The lowest BCUT2D eigenvalue weighted by atomic mass is 10.2. The molecule has 0 aliphatic carbocycles. The zero-order valence-corrected chi connectivity index (χ0v) is 20.3. The average Bonchev–Trinajstić information content (AvgIpc) is 2.83. The molecular weight excluding hydrogens is 472 g/mol. The minimum Gasteiger partial charge on any atom is -0.493 e. The molecule has 1 atom stereocenters. The van der Waals surface area contributed by atoms with Crippen LogP contribution in [-0.4, -0.2) is 38.4 Å². The van der Waals surface area contributed by atoms with E-state index in [1.54, 1.807) is 30.6 Å². The molecule has 0 spiro atoms. The highest BCUT2D eigenvalue weighted by Gasteiger charge is 2.22. The molecule has 10 nitrogen and oxygen atoms in total. The third-order valence-corrected chi connectivity index (χ3v) is 6.34. The van der Waals surface area contributed by atoms with E-state index >= 15 is 0 Å². The first kappa shape index (κ1) is 25.7. The Balaban J connectivity index is 1.65. The number of carbonyl (C=O) groups is 2. The number of hydrogen-bond donors (Lipinski definition) is 3. The minimum atomic E-state index is -3.97. The van der Waals surface area contributed by atoms with E-state index in [0.29, 0.717) is 22.9 Å². The highest BCUT2D eigenvalue weighted by Crippen LogP contribution is 2.31. The third-order valence-electron chi connectivity index (χ3n) is 4.79. The summed E-state index contributed by atoms with van der Waals surface area (Å²) in [6.45, 7) is 3.06. The van der Waals surface area contributed by atoms with Gasteiger partial charge in [-0.05, 0) is 61.0 Å². The number of nitrogens with one attached hydrogen (secondary N) is 3. The zero-order chi connectivity index (χ0) is 25.4. The number of ether oxygens (including phenoxy) is 2. The van der Waals surface area contributed by atoms with Gasteiger partial charge in [0.1, 0.15) is 6.61 Å². The van der Waals surface area contributed by atoms with Gasteiger partial charge in [0, 0.05) is 36.8 Å². The van der Waals surface area contributed by atoms with Crippen molar-refractivity contribution < 1.29 is 27.5 Å². The lowest BCUT2D eigenvalue weighted by molar-refractivity contribution is -0.117. The fourth-order valence-corrected chi connectivity index (χ4v) is 4.24. The Hall–Kier alpha value is -3.96. The molecule has 3 rings (SSSR count). The molecule has 184 valence electrons. The third kappa shape index (κ3) is 7.26. The topological polar surface area (TPSA) is 136 Å². The van der Waals surface area contributed by atoms with Gasteiger partial charge in [-0.1, -0.05) is 0 Å². The molecular formula is C24H26N4O6S. The molecule has 1 aromatic heterocycles. The number of methoxy groups -OCH3 is 1. The van der Waals surface area contributed by atoms with Crippen molar-refractivity contribution >= 4 is 33.2 Å². The average molecular weight is 499 g/mol. The summed E-state index contributed by atoms with van der Waals surface area (Å²) < 4.78 is 38.8. The Labute approximate surface area is 203 Å². The van der Waals surface area contributed by atoms with Gasteiger partial charge in [0.25, 0.3) is 0 Å². The number of pyridine rings is 1. The maximum Gasteiger partial charge on any atom is 0.242 e. The Morgan fingerprint density at radius 2 is 1.60 bits per heavy atom. The molecule has 0 fully saturated rings. The summed E-state index contributed by atoms with van der Waals surface area (Å²) in [5.74, 6) is 0.0605. The van der Waals surface area contributed by atoms with Gasteiger partial charge in [0.2, 0.25) is 21.8 Å². The van der Waals surface area contributed by atoms with E-state index in [4.69, 9.17) is 9.47 Å². The quantitative estimate of drug-likeness (QED) is 0.391. The Bertz CT molecular complexity index is 1280. The van der Waals surface area contributed by atoms with E-state index in [1.807, 2.05) is 12.1 Å². The molecule has 0 aliphatic heterocycles. The molecule has 3 N–H and O–H groups in total. The maximum absolute atomic E-state index is 12.7. The first-order chi connectivity index (χ1) is 16.7. The van der Waals surface area contributed by atoms with Crippen LogP contribution in [0.1, 0.15) is 19.4 Å². The number of carbonyl (C=O) groups excluding carboxylic acids is 2. The molecule has 0 bridgehead atoms. The van der Waals surface area contributed by atoms with Crippen LogP contribution in [0.2, 0.25) is 0 Å². The fourth-order valence-electron chi connectivity index (χ4n) is 3.03. The van der Waals surface area contributed by atoms with Gasteiger partial charge in [-0.2, -0.15) is 4.72 Å². The minimum absolute atomic E-state index is 0.0394. The SMILES string of the molecule is COc1ccc(NC(=O)[C@H](C)NS(=O)(=O)c2ccc(NC(C)=O)cc2)cc1OCc1ccncc1. The van der Waals surface area contributed by atoms with Crippen molar-refractivity contribution in [2.24, 2.45) is 0 Å². The number of anilines is 2. The maximum atomic E-state index is 12.7. The van der Waals surface area contributed by atoms with E-state index in [1.165, 1.54) is 45.2 Å². The highest BCUT2D eigenvalue weighted by molar-refractivity contribution is 7.89. The Morgan fingerprint density at radius 3 is 2.23 bits per heavy atom. The summed E-state index contributed by atoms with van der Waals surface area (Å²) in [6.07, 6.45) is 3.32. The molecule has 0 saturated heterocycles. The number of amides is 2. The second-order valence-corrected chi connectivity index (χ2v) is 9.26. The number of benzene rings is 2. The molecule has 35 heavy (non-hydrogen) atoms. The van der Waals surface area contributed by atoms with Crippen LogP contribution in [0.4, 0.5) is 11.4 Å². The lowest BCUT2D eigenvalue weighted by Gasteiger charge is -2.16. The van der Waals surface area contributed by atoms with Crippen LogP contribution in [0.3, 0.4) is 0 Å². The summed E-state index contributed by atoms with van der Waals surface area (Å²) in [5.41, 5.74) is 1.78. The number of aromatic nitrogens is 1. The molecule has 2 aromatic carbocycles. The number of sulfonamides is 1. The number of hydrogen-bond acceptors (Lipinski definition) is 7. The Kier molecular flexibility index (Phi) is 8.39. The predicted octanol–water partition coefficient (Wildman–Crippen LogP) is 2.93. The molecule has 0 aliphatic rings. The molecule has 0 unspecified atom stereocenters. The summed E-state index contributed by atoms with van der Waals surface area (Å²) in [4.78, 5) is 27.7. The second-order valence-electron chi connectivity index (χ2n) is 7.55. The van der Waals surface area contributed by atoms with Gasteiger partial charge in [0.05, 0.1) is 18.0 Å². The van der Waals surface area contributed by atoms with Crippen LogP contribution in [0.5, 0.6) is 11.5 Å². The van der Waals surface area contributed by atoms with Crippen LogP contribution in [0, 0.1) is 0 Å². The monoisotopic (exact) mass is 498 g/mol. The summed E-state index contributed by atoms with van der Waals surface area (Å²) in [6, 6.07) is 13.0. The Morgan fingerprint density at radius 1 is 0.943 bits per heavy atom. The van der Waals surface area contributed by atoms with Gasteiger partial charge >= 0.3 is 0 Å². The number of nitrogens with zero attached hydrogens (tertiary/aromatic N) is 1. The largest absolute Gasteiger partial charge is 0.493 e. The normalized spacial score (nSPS) is 11.9. The van der Waals surface area contributed by atoms with Crippen LogP contribution >= 0.6 is 0 Å². The van der Waals surface area contributed by atoms with Crippen molar-refractivity contribution in [3.63, 3.8) is 0 Å². The fraction of sp³-hybridized carbons (Fsp3) is 0.208. The summed E-state index contributed by atoms with van der Waals surface area (Å²) in [7, 11) is -2.47. The molecule has 3 aromatic rings. The standard InChI is InChI=1S/C24H26N4O6S/c1-16(28-35(31,32)21-7-4-19(5-8-21)26-17(2)29)24(30)27-20-6-9-22(33-3)23(14-20)34-15-18-10-12-25-13-11-18/h4-14,16,28H,15H2,1-3H3,(H,26,29)(H,27,30)/t16-/m0/s1. The summed E-state index contributed by atoms with van der Waals surface area (Å²) in [5, 5.41) is 5.24. The van der Waals surface area contributed by atoms with Crippen molar-refractivity contribution in [1.29, 1.82) is 0 Å². The molecule has 0 saturated carbocycles. The van der Waals surface area contributed by atoms with Gasteiger partial charge in [-0.15, -0.1) is 0 Å². The number of rotatable bonds is 10. The zero-order valence-electron chi connectivity index (χ0n) is 19.4. The second kappa shape index (κ2) is 11.4. The van der Waals surface area contributed by atoms with Gasteiger partial charge < -0.3 is 20.1 Å². The van der Waals surface area contributed by atoms with Crippen LogP contribution in [-0.2, 0) is 26.2 Å². The molecule has 1 heterocycles. The first-order valence-electron chi connectivity index (χ1n) is 10.6. The molecule has 2 amide bonds. The van der Waals surface area contributed by atoms with Crippen molar-refractivity contribution in [3.05, 3.63) is 72.6 Å². The van der Waals surface area contributed by atoms with Crippen LogP contribution < -0.4 is 24.8 Å². The van der Waals surface area contributed by atoms with E-state index in [0.717, 1.165) is 5.56 Å². The van der Waals surface area contributed by atoms with E-state index in [9.17, 15) is 18.0 Å². The smallest absolute Gasteiger partial charge is 0.242 e. The van der Waals surface area contributed by atoms with Gasteiger partial charge in [-0.3, -0.25) is 14.6 Å². The first-order valence-corrected chi connectivity index (χ1v) is 12.1. The van der Waals surface area contributed by atoms with E-state index < -0.39 is 22.0 Å². The van der Waals surface area contributed by atoms with E-state index in [2.05, 4.69) is 20.3 Å². The van der Waals surface area contributed by atoms with Crippen molar-refractivity contribution in [1.82, 2.24) is 9.71 Å². The van der Waals surface area contributed by atoms with Crippen LogP contribution in [0.15, 0.2) is 71.9 Å².